The summed E-state index contributed by atoms with van der Waals surface area (Å²) in [6.07, 6.45) is 2.07. The topological polar surface area (TPSA) is 35.2 Å². The third-order valence-electron chi connectivity index (χ3n) is 3.72. The minimum atomic E-state index is -0.167. The molecule has 0 amide bonds. The van der Waals surface area contributed by atoms with E-state index < -0.39 is 0 Å². The highest BCUT2D eigenvalue weighted by molar-refractivity contribution is 7.98. The van der Waals surface area contributed by atoms with Crippen LogP contribution in [0.4, 0.5) is 0 Å². The van der Waals surface area contributed by atoms with Crippen molar-refractivity contribution in [3.8, 4) is 5.75 Å². The summed E-state index contributed by atoms with van der Waals surface area (Å²) in [5, 5.41) is 0. The summed E-state index contributed by atoms with van der Waals surface area (Å²) < 4.78 is 5.56. The van der Waals surface area contributed by atoms with E-state index in [-0.39, 0.29) is 6.04 Å². The molecule has 20 heavy (non-hydrogen) atoms. The third kappa shape index (κ3) is 2.84. The predicted molar refractivity (Wildman–Crippen MR) is 86.7 cm³/mol. The second-order valence-electron chi connectivity index (χ2n) is 4.88. The van der Waals surface area contributed by atoms with E-state index in [1.54, 1.807) is 18.9 Å². The maximum atomic E-state index is 6.42. The number of thioether (sulfide) groups is 1. The number of hydrogen-bond donors (Lipinski definition) is 1. The molecule has 0 aliphatic rings. The Morgan fingerprint density at radius 1 is 1.05 bits per heavy atom. The molecule has 0 heterocycles. The van der Waals surface area contributed by atoms with Gasteiger partial charge in [0.1, 0.15) is 5.75 Å². The van der Waals surface area contributed by atoms with Gasteiger partial charge in [-0.1, -0.05) is 24.3 Å². The molecular formula is C17H21NOS. The van der Waals surface area contributed by atoms with Crippen LogP contribution in [0.5, 0.6) is 5.75 Å². The monoisotopic (exact) mass is 287 g/mol. The second-order valence-corrected chi connectivity index (χ2v) is 5.76. The molecule has 0 fully saturated rings. The maximum absolute atomic E-state index is 6.42. The predicted octanol–water partition coefficient (Wildman–Crippen LogP) is 4.08. The average Bonchev–Trinajstić information content (AvgIpc) is 2.49. The summed E-state index contributed by atoms with van der Waals surface area (Å²) >= 11 is 1.73. The molecule has 0 aliphatic heterocycles. The Bertz CT molecular complexity index is 593. The van der Waals surface area contributed by atoms with Gasteiger partial charge in [0.25, 0.3) is 0 Å². The van der Waals surface area contributed by atoms with E-state index in [1.807, 2.05) is 0 Å². The van der Waals surface area contributed by atoms with Crippen molar-refractivity contribution in [2.45, 2.75) is 24.8 Å². The highest BCUT2D eigenvalue weighted by Crippen LogP contribution is 2.33. The molecule has 1 unspecified atom stereocenters. The molecule has 2 aromatic rings. The van der Waals surface area contributed by atoms with Gasteiger partial charge in [0.2, 0.25) is 0 Å². The number of aryl methyl sites for hydroxylation is 1. The van der Waals surface area contributed by atoms with Gasteiger partial charge in [-0.2, -0.15) is 0 Å². The smallest absolute Gasteiger partial charge is 0.127 e. The van der Waals surface area contributed by atoms with Crippen LogP contribution in [0.1, 0.15) is 28.3 Å². The van der Waals surface area contributed by atoms with Gasteiger partial charge in [0, 0.05) is 10.5 Å². The number of rotatable bonds is 4. The minimum Gasteiger partial charge on any atom is -0.496 e. The molecule has 2 aromatic carbocycles. The highest BCUT2D eigenvalue weighted by atomic mass is 32.2. The molecule has 0 aromatic heterocycles. The largest absolute Gasteiger partial charge is 0.496 e. The lowest BCUT2D eigenvalue weighted by molar-refractivity contribution is 0.404. The molecule has 2 N–H and O–H groups in total. The number of benzene rings is 2. The first kappa shape index (κ1) is 14.9. The van der Waals surface area contributed by atoms with Crippen molar-refractivity contribution in [3.63, 3.8) is 0 Å². The van der Waals surface area contributed by atoms with Crippen molar-refractivity contribution >= 4 is 11.8 Å². The lowest BCUT2D eigenvalue weighted by Gasteiger charge is -2.19. The highest BCUT2D eigenvalue weighted by Gasteiger charge is 2.16. The van der Waals surface area contributed by atoms with Crippen LogP contribution in [0, 0.1) is 13.8 Å². The van der Waals surface area contributed by atoms with Gasteiger partial charge in [-0.25, -0.2) is 0 Å². The Labute approximate surface area is 125 Å². The molecule has 0 aliphatic carbocycles. The molecule has 0 saturated heterocycles. The standard InChI is InChI=1S/C17H21NOS/c1-11-5-10-15(17(19-3)12(11)2)16(18)13-6-8-14(20-4)9-7-13/h5-10,16H,18H2,1-4H3. The van der Waals surface area contributed by atoms with E-state index in [2.05, 4.69) is 56.5 Å². The van der Waals surface area contributed by atoms with Gasteiger partial charge in [-0.3, -0.25) is 0 Å². The summed E-state index contributed by atoms with van der Waals surface area (Å²) in [6.45, 7) is 4.15. The van der Waals surface area contributed by atoms with E-state index in [0.29, 0.717) is 0 Å². The summed E-state index contributed by atoms with van der Waals surface area (Å²) in [4.78, 5) is 1.24. The van der Waals surface area contributed by atoms with Crippen molar-refractivity contribution in [2.24, 2.45) is 5.73 Å². The Balaban J connectivity index is 2.42. The Kier molecular flexibility index (Phi) is 4.73. The van der Waals surface area contributed by atoms with Crippen LogP contribution in [0.2, 0.25) is 0 Å². The first-order valence-corrected chi connectivity index (χ1v) is 7.84. The Morgan fingerprint density at radius 3 is 2.25 bits per heavy atom. The van der Waals surface area contributed by atoms with Crippen LogP contribution in [0.15, 0.2) is 41.3 Å². The van der Waals surface area contributed by atoms with Crippen molar-refractivity contribution < 1.29 is 4.74 Å². The van der Waals surface area contributed by atoms with Crippen LogP contribution >= 0.6 is 11.8 Å². The SMILES string of the molecule is COc1c(C(N)c2ccc(SC)cc2)ccc(C)c1C. The first-order chi connectivity index (χ1) is 9.58. The van der Waals surface area contributed by atoms with Crippen LogP contribution in [0.3, 0.4) is 0 Å². The van der Waals surface area contributed by atoms with E-state index in [0.717, 1.165) is 22.4 Å². The van der Waals surface area contributed by atoms with E-state index in [9.17, 15) is 0 Å². The van der Waals surface area contributed by atoms with Gasteiger partial charge >= 0.3 is 0 Å². The second kappa shape index (κ2) is 6.33. The molecule has 0 saturated carbocycles. The van der Waals surface area contributed by atoms with E-state index >= 15 is 0 Å². The molecule has 3 heteroatoms. The fourth-order valence-corrected chi connectivity index (χ4v) is 2.73. The van der Waals surface area contributed by atoms with Crippen molar-refractivity contribution in [1.29, 1.82) is 0 Å². The summed E-state index contributed by atoms with van der Waals surface area (Å²) in [5.74, 6) is 0.895. The zero-order valence-corrected chi connectivity index (χ0v) is 13.3. The number of methoxy groups -OCH3 is 1. The average molecular weight is 287 g/mol. The first-order valence-electron chi connectivity index (χ1n) is 6.62. The molecule has 1 atom stereocenters. The Morgan fingerprint density at radius 2 is 1.70 bits per heavy atom. The van der Waals surface area contributed by atoms with Gasteiger partial charge in [-0.05, 0) is 48.9 Å². The van der Waals surface area contributed by atoms with E-state index in [4.69, 9.17) is 10.5 Å². The maximum Gasteiger partial charge on any atom is 0.127 e. The van der Waals surface area contributed by atoms with Gasteiger partial charge in [0.05, 0.1) is 13.2 Å². The number of nitrogens with two attached hydrogens (primary N) is 1. The van der Waals surface area contributed by atoms with Crippen molar-refractivity contribution in [1.82, 2.24) is 0 Å². The molecule has 2 rings (SSSR count). The van der Waals surface area contributed by atoms with Crippen LogP contribution in [0.25, 0.3) is 0 Å². The van der Waals surface area contributed by atoms with Gasteiger partial charge in [0.15, 0.2) is 0 Å². The fraction of sp³-hybridized carbons (Fsp3) is 0.294. The lowest BCUT2D eigenvalue weighted by Crippen LogP contribution is -2.13. The van der Waals surface area contributed by atoms with Gasteiger partial charge < -0.3 is 10.5 Å². The minimum absolute atomic E-state index is 0.167. The van der Waals surface area contributed by atoms with Crippen molar-refractivity contribution in [3.05, 3.63) is 58.7 Å². The third-order valence-corrected chi connectivity index (χ3v) is 4.46. The summed E-state index contributed by atoms with van der Waals surface area (Å²) in [5.41, 5.74) is 10.9. The van der Waals surface area contributed by atoms with E-state index in [1.165, 1.54) is 10.5 Å². The molecule has 2 nitrogen and oxygen atoms in total. The van der Waals surface area contributed by atoms with Crippen LogP contribution < -0.4 is 10.5 Å². The van der Waals surface area contributed by atoms with Crippen LogP contribution in [-0.4, -0.2) is 13.4 Å². The lowest BCUT2D eigenvalue weighted by atomic mass is 9.95. The molecular weight excluding hydrogens is 266 g/mol. The molecule has 0 spiro atoms. The van der Waals surface area contributed by atoms with Crippen molar-refractivity contribution in [2.75, 3.05) is 13.4 Å². The zero-order valence-electron chi connectivity index (χ0n) is 12.4. The fourth-order valence-electron chi connectivity index (χ4n) is 2.32. The summed E-state index contributed by atoms with van der Waals surface area (Å²) in [7, 11) is 1.70. The normalized spacial score (nSPS) is 12.2. The molecule has 106 valence electrons. The zero-order chi connectivity index (χ0) is 14.7. The molecule has 0 radical (unpaired) electrons. The number of ether oxygens (including phenoxy) is 1. The summed E-state index contributed by atoms with van der Waals surface area (Å²) in [6, 6.07) is 12.4. The quantitative estimate of drug-likeness (QED) is 0.861. The number of hydrogen-bond acceptors (Lipinski definition) is 3. The van der Waals surface area contributed by atoms with Crippen LogP contribution in [-0.2, 0) is 0 Å². The molecule has 0 bridgehead atoms. The van der Waals surface area contributed by atoms with Gasteiger partial charge in [-0.15, -0.1) is 11.8 Å². The Hall–Kier alpha value is -1.45.